The lowest BCUT2D eigenvalue weighted by Crippen LogP contribution is -2.56. The Bertz CT molecular complexity index is 1070. The molecule has 0 unspecified atom stereocenters. The van der Waals surface area contributed by atoms with Gasteiger partial charge < -0.3 is 9.80 Å². The number of piperazine rings is 1. The molecule has 1 fully saturated rings. The molecule has 1 aliphatic rings. The van der Waals surface area contributed by atoms with Crippen molar-refractivity contribution in [3.63, 3.8) is 0 Å². The van der Waals surface area contributed by atoms with Crippen molar-refractivity contribution in [3.8, 4) is 0 Å². The zero-order chi connectivity index (χ0) is 22.2. The Hall–Kier alpha value is -2.48. The average molecular weight is 433 g/mol. The van der Waals surface area contributed by atoms with Crippen molar-refractivity contribution in [2.45, 2.75) is 38.6 Å². The topological polar surface area (TPSA) is 66.4 Å². The molecule has 1 aromatic carbocycles. The smallest absolute Gasteiger partial charge is 0.225 e. The first-order valence-corrected chi connectivity index (χ1v) is 11.9. The van der Waals surface area contributed by atoms with Crippen molar-refractivity contribution in [1.82, 2.24) is 9.97 Å². The number of rotatable bonds is 5. The molecular formula is C22H29FN4O2S. The SMILES string of the molecule is C=C(C)c1cnc(N2CCN(c3ccc(F)c(S(C)(=O)=O)c3)C[C@H]2C(C)C)nc1C. The molecule has 1 saturated heterocycles. The van der Waals surface area contributed by atoms with Crippen molar-refractivity contribution in [2.24, 2.45) is 5.92 Å². The second kappa shape index (κ2) is 8.34. The number of sulfone groups is 1. The predicted octanol–water partition coefficient (Wildman–Crippen LogP) is 3.71. The van der Waals surface area contributed by atoms with Crippen LogP contribution in [0, 0.1) is 18.7 Å². The summed E-state index contributed by atoms with van der Waals surface area (Å²) in [4.78, 5) is 13.3. The number of halogens is 1. The number of benzene rings is 1. The monoisotopic (exact) mass is 432 g/mol. The van der Waals surface area contributed by atoms with Crippen molar-refractivity contribution in [1.29, 1.82) is 0 Å². The molecule has 162 valence electrons. The number of aryl methyl sites for hydroxylation is 1. The number of nitrogens with zero attached hydrogens (tertiary/aromatic N) is 4. The summed E-state index contributed by atoms with van der Waals surface area (Å²) in [6.45, 7) is 14.2. The van der Waals surface area contributed by atoms with Crippen molar-refractivity contribution >= 4 is 27.0 Å². The van der Waals surface area contributed by atoms with Gasteiger partial charge in [0.15, 0.2) is 9.84 Å². The molecule has 1 aromatic heterocycles. The van der Waals surface area contributed by atoms with Crippen LogP contribution in [0.4, 0.5) is 16.0 Å². The van der Waals surface area contributed by atoms with Crippen LogP contribution in [0.15, 0.2) is 35.9 Å². The molecule has 0 spiro atoms. The first-order valence-electron chi connectivity index (χ1n) is 9.99. The van der Waals surface area contributed by atoms with Gasteiger partial charge in [0.05, 0.1) is 11.7 Å². The highest BCUT2D eigenvalue weighted by atomic mass is 32.2. The van der Waals surface area contributed by atoms with Crippen LogP contribution in [0.5, 0.6) is 0 Å². The third-order valence-electron chi connectivity index (χ3n) is 5.55. The van der Waals surface area contributed by atoms with E-state index in [4.69, 9.17) is 4.98 Å². The van der Waals surface area contributed by atoms with Crippen LogP contribution in [-0.4, -0.2) is 50.3 Å². The number of hydrogen-bond acceptors (Lipinski definition) is 6. The average Bonchev–Trinajstić information content (AvgIpc) is 2.66. The lowest BCUT2D eigenvalue weighted by atomic mass is 9.99. The third kappa shape index (κ3) is 4.48. The first-order chi connectivity index (χ1) is 14.0. The molecule has 1 aliphatic heterocycles. The van der Waals surface area contributed by atoms with Gasteiger partial charge in [-0.25, -0.2) is 22.8 Å². The van der Waals surface area contributed by atoms with Gasteiger partial charge in [0.1, 0.15) is 10.7 Å². The zero-order valence-electron chi connectivity index (χ0n) is 18.2. The Kier molecular flexibility index (Phi) is 6.17. The van der Waals surface area contributed by atoms with Crippen molar-refractivity contribution in [3.05, 3.63) is 48.0 Å². The number of aromatic nitrogens is 2. The molecule has 8 heteroatoms. The van der Waals surface area contributed by atoms with Crippen LogP contribution in [0.2, 0.25) is 0 Å². The first kappa shape index (κ1) is 22.2. The van der Waals surface area contributed by atoms with Gasteiger partial charge in [-0.05, 0) is 43.5 Å². The van der Waals surface area contributed by atoms with Gasteiger partial charge in [-0.15, -0.1) is 0 Å². The molecule has 2 heterocycles. The molecule has 2 aromatic rings. The quantitative estimate of drug-likeness (QED) is 0.718. The van der Waals surface area contributed by atoms with E-state index in [-0.39, 0.29) is 10.9 Å². The van der Waals surface area contributed by atoms with Crippen LogP contribution < -0.4 is 9.80 Å². The summed E-state index contributed by atoms with van der Waals surface area (Å²) in [5, 5.41) is 0. The number of anilines is 2. The fourth-order valence-corrected chi connectivity index (χ4v) is 4.61. The largest absolute Gasteiger partial charge is 0.368 e. The van der Waals surface area contributed by atoms with Crippen molar-refractivity contribution < 1.29 is 12.8 Å². The van der Waals surface area contributed by atoms with E-state index < -0.39 is 15.7 Å². The second-order valence-corrected chi connectivity index (χ2v) is 10.3. The maximum atomic E-state index is 14.0. The molecule has 0 N–H and O–H groups in total. The molecule has 6 nitrogen and oxygen atoms in total. The van der Waals surface area contributed by atoms with Gasteiger partial charge >= 0.3 is 0 Å². The highest BCUT2D eigenvalue weighted by molar-refractivity contribution is 7.90. The summed E-state index contributed by atoms with van der Waals surface area (Å²) in [5.74, 6) is 0.279. The third-order valence-corrected chi connectivity index (χ3v) is 6.66. The van der Waals surface area contributed by atoms with E-state index in [0.29, 0.717) is 37.2 Å². The summed E-state index contributed by atoms with van der Waals surface area (Å²) in [7, 11) is -3.63. The van der Waals surface area contributed by atoms with Crippen LogP contribution in [-0.2, 0) is 9.84 Å². The van der Waals surface area contributed by atoms with Gasteiger partial charge in [-0.1, -0.05) is 20.4 Å². The number of hydrogen-bond donors (Lipinski definition) is 0. The number of allylic oxidation sites excluding steroid dienone is 1. The van der Waals surface area contributed by atoms with Gasteiger partial charge in [-0.2, -0.15) is 0 Å². The molecule has 0 saturated carbocycles. The van der Waals surface area contributed by atoms with Crippen LogP contribution >= 0.6 is 0 Å². The molecule has 0 aliphatic carbocycles. The lowest BCUT2D eigenvalue weighted by Gasteiger charge is -2.44. The highest BCUT2D eigenvalue weighted by Gasteiger charge is 2.32. The summed E-state index contributed by atoms with van der Waals surface area (Å²) < 4.78 is 37.9. The summed E-state index contributed by atoms with van der Waals surface area (Å²) in [5.41, 5.74) is 3.49. The van der Waals surface area contributed by atoms with E-state index in [1.165, 1.54) is 12.1 Å². The van der Waals surface area contributed by atoms with Crippen LogP contribution in [0.3, 0.4) is 0 Å². The maximum Gasteiger partial charge on any atom is 0.225 e. The lowest BCUT2D eigenvalue weighted by molar-refractivity contribution is 0.413. The van der Waals surface area contributed by atoms with Gasteiger partial charge in [0.2, 0.25) is 5.95 Å². The fourth-order valence-electron chi connectivity index (χ4n) is 3.85. The molecule has 3 rings (SSSR count). The van der Waals surface area contributed by atoms with Gasteiger partial charge in [0.25, 0.3) is 0 Å². The Balaban J connectivity index is 1.90. The second-order valence-electron chi connectivity index (χ2n) is 8.29. The Morgan fingerprint density at radius 2 is 2.00 bits per heavy atom. The minimum atomic E-state index is -3.63. The zero-order valence-corrected chi connectivity index (χ0v) is 19.0. The summed E-state index contributed by atoms with van der Waals surface area (Å²) in [6.07, 6.45) is 2.85. The van der Waals surface area contributed by atoms with Crippen LogP contribution in [0.1, 0.15) is 32.0 Å². The Labute approximate surface area is 178 Å². The molecule has 0 bridgehead atoms. The minimum absolute atomic E-state index is 0.126. The standard InChI is InChI=1S/C22H29FN4O2S/c1-14(2)18-12-24-22(25-16(18)5)27-10-9-26(13-20(27)15(3)4)17-7-8-19(23)21(11-17)30(6,28)29/h7-8,11-12,15,20H,1,9-10,13H2,2-6H3/t20-/m0/s1. The van der Waals surface area contributed by atoms with E-state index in [9.17, 15) is 12.8 Å². The normalized spacial score (nSPS) is 17.5. The van der Waals surface area contributed by atoms with Crippen LogP contribution in [0.25, 0.3) is 5.57 Å². The molecule has 0 radical (unpaired) electrons. The van der Waals surface area contributed by atoms with E-state index in [2.05, 4.69) is 35.2 Å². The molecule has 0 amide bonds. The minimum Gasteiger partial charge on any atom is -0.368 e. The summed E-state index contributed by atoms with van der Waals surface area (Å²) in [6, 6.07) is 4.42. The van der Waals surface area contributed by atoms with E-state index in [1.807, 2.05) is 20.0 Å². The van der Waals surface area contributed by atoms with Crippen molar-refractivity contribution in [2.75, 3.05) is 35.7 Å². The fraction of sp³-hybridized carbons (Fsp3) is 0.455. The molecule has 30 heavy (non-hydrogen) atoms. The Morgan fingerprint density at radius 3 is 2.57 bits per heavy atom. The van der Waals surface area contributed by atoms with E-state index in [0.717, 1.165) is 23.1 Å². The predicted molar refractivity (Wildman–Crippen MR) is 119 cm³/mol. The van der Waals surface area contributed by atoms with Gasteiger partial charge in [0, 0.05) is 43.3 Å². The van der Waals surface area contributed by atoms with E-state index >= 15 is 0 Å². The van der Waals surface area contributed by atoms with E-state index in [1.54, 1.807) is 6.07 Å². The maximum absolute atomic E-state index is 14.0. The molecule has 1 atom stereocenters. The Morgan fingerprint density at radius 1 is 1.30 bits per heavy atom. The summed E-state index contributed by atoms with van der Waals surface area (Å²) >= 11 is 0. The van der Waals surface area contributed by atoms with Gasteiger partial charge in [-0.3, -0.25) is 0 Å². The highest BCUT2D eigenvalue weighted by Crippen LogP contribution is 2.29. The molecular weight excluding hydrogens is 403 g/mol.